The molecule has 144 valence electrons. The number of H-pyrrole nitrogens is 1. The predicted molar refractivity (Wildman–Crippen MR) is 108 cm³/mol. The molecule has 0 aliphatic carbocycles. The van der Waals surface area contributed by atoms with Crippen LogP contribution < -0.4 is 5.32 Å². The maximum atomic E-state index is 14.4. The first-order valence-electron chi connectivity index (χ1n) is 8.88. The molecule has 0 atom stereocenters. The molecule has 0 aliphatic rings. The Labute approximate surface area is 165 Å². The Morgan fingerprint density at radius 3 is 2.55 bits per heavy atom. The van der Waals surface area contributed by atoms with E-state index in [0.717, 1.165) is 11.1 Å². The number of carbonyl (C=O) groups is 1. The van der Waals surface area contributed by atoms with Crippen LogP contribution in [0.25, 0.3) is 23.1 Å². The van der Waals surface area contributed by atoms with Crippen LogP contribution in [0.1, 0.15) is 16.8 Å². The van der Waals surface area contributed by atoms with Crippen molar-refractivity contribution < 1.29 is 13.6 Å². The minimum absolute atomic E-state index is 0.0781. The van der Waals surface area contributed by atoms with Gasteiger partial charge in [-0.25, -0.2) is 8.78 Å². The van der Waals surface area contributed by atoms with Crippen LogP contribution in [-0.2, 0) is 11.2 Å². The first-order valence-corrected chi connectivity index (χ1v) is 8.88. The number of fused-ring (bicyclic) bond motifs is 1. The lowest BCUT2D eigenvalue weighted by Gasteiger charge is -2.07. The standard InChI is InChI=1S/C22H16F2N4O/c23-16-4-1-14(2-5-16)3-6-19-17-12-21(18(24)13-20(17)28-27-19)26-22(29)11-15-7-9-25-10-8-15/h1-10,12-13H,11H2,(H,26,29)(H,27,28). The zero-order valence-corrected chi connectivity index (χ0v) is 15.2. The van der Waals surface area contributed by atoms with E-state index in [-0.39, 0.29) is 23.8 Å². The molecule has 0 saturated carbocycles. The normalized spacial score (nSPS) is 11.2. The average Bonchev–Trinajstić information content (AvgIpc) is 3.10. The molecular formula is C22H16F2N4O. The van der Waals surface area contributed by atoms with Gasteiger partial charge in [-0.15, -0.1) is 0 Å². The number of anilines is 1. The Balaban J connectivity index is 1.57. The SMILES string of the molecule is O=C(Cc1ccncc1)Nc1cc2c(C=Cc3ccc(F)cc3)n[nH]c2cc1F. The molecule has 0 aliphatic heterocycles. The van der Waals surface area contributed by atoms with Crippen molar-refractivity contribution in [2.75, 3.05) is 5.32 Å². The van der Waals surface area contributed by atoms with Gasteiger partial charge in [0.05, 0.1) is 23.3 Å². The van der Waals surface area contributed by atoms with Crippen molar-refractivity contribution in [1.29, 1.82) is 0 Å². The molecular weight excluding hydrogens is 374 g/mol. The summed E-state index contributed by atoms with van der Waals surface area (Å²) in [5, 5.41) is 10.2. The summed E-state index contributed by atoms with van der Waals surface area (Å²) in [6.07, 6.45) is 6.83. The summed E-state index contributed by atoms with van der Waals surface area (Å²) >= 11 is 0. The molecule has 0 saturated heterocycles. The van der Waals surface area contributed by atoms with Gasteiger partial charge in [0.2, 0.25) is 5.91 Å². The summed E-state index contributed by atoms with van der Waals surface area (Å²) in [6.45, 7) is 0. The Morgan fingerprint density at radius 2 is 1.79 bits per heavy atom. The molecule has 0 radical (unpaired) electrons. The number of pyridine rings is 1. The van der Waals surface area contributed by atoms with E-state index >= 15 is 0 Å². The van der Waals surface area contributed by atoms with Gasteiger partial charge in [0.15, 0.2) is 0 Å². The van der Waals surface area contributed by atoms with Crippen LogP contribution in [0.2, 0.25) is 0 Å². The number of hydrogen-bond acceptors (Lipinski definition) is 3. The topological polar surface area (TPSA) is 70.7 Å². The molecule has 0 bridgehead atoms. The zero-order valence-electron chi connectivity index (χ0n) is 15.2. The van der Waals surface area contributed by atoms with Gasteiger partial charge in [0.1, 0.15) is 11.6 Å². The van der Waals surface area contributed by atoms with Gasteiger partial charge in [-0.2, -0.15) is 5.10 Å². The third kappa shape index (κ3) is 4.35. The maximum Gasteiger partial charge on any atom is 0.228 e. The lowest BCUT2D eigenvalue weighted by molar-refractivity contribution is -0.115. The lowest BCUT2D eigenvalue weighted by Crippen LogP contribution is -2.15. The maximum absolute atomic E-state index is 14.4. The number of halogens is 2. The molecule has 7 heteroatoms. The van der Waals surface area contributed by atoms with Crippen LogP contribution in [0.4, 0.5) is 14.5 Å². The fourth-order valence-corrected chi connectivity index (χ4v) is 2.91. The van der Waals surface area contributed by atoms with Crippen LogP contribution >= 0.6 is 0 Å². The Bertz CT molecular complexity index is 1180. The Morgan fingerprint density at radius 1 is 1.03 bits per heavy atom. The van der Waals surface area contributed by atoms with Crippen LogP contribution in [0.5, 0.6) is 0 Å². The Kier molecular flexibility index (Phi) is 5.11. The molecule has 5 nitrogen and oxygen atoms in total. The summed E-state index contributed by atoms with van der Waals surface area (Å²) in [6, 6.07) is 12.3. The lowest BCUT2D eigenvalue weighted by atomic mass is 10.1. The second kappa shape index (κ2) is 8.02. The van der Waals surface area contributed by atoms with E-state index in [1.807, 2.05) is 0 Å². The summed E-state index contributed by atoms with van der Waals surface area (Å²) < 4.78 is 27.4. The minimum Gasteiger partial charge on any atom is -0.323 e. The van der Waals surface area contributed by atoms with E-state index in [9.17, 15) is 13.6 Å². The number of rotatable bonds is 5. The van der Waals surface area contributed by atoms with Crippen molar-refractivity contribution in [3.63, 3.8) is 0 Å². The van der Waals surface area contributed by atoms with Crippen molar-refractivity contribution in [2.45, 2.75) is 6.42 Å². The second-order valence-electron chi connectivity index (χ2n) is 6.45. The van der Waals surface area contributed by atoms with Gasteiger partial charge in [0, 0.05) is 23.8 Å². The van der Waals surface area contributed by atoms with Gasteiger partial charge in [-0.3, -0.25) is 14.9 Å². The molecule has 1 amide bonds. The third-order valence-electron chi connectivity index (χ3n) is 4.37. The second-order valence-corrected chi connectivity index (χ2v) is 6.45. The number of benzene rings is 2. The summed E-state index contributed by atoms with van der Waals surface area (Å²) in [5.41, 5.74) is 2.75. The van der Waals surface area contributed by atoms with Crippen LogP contribution in [0, 0.1) is 11.6 Å². The van der Waals surface area contributed by atoms with Crippen LogP contribution in [-0.4, -0.2) is 21.1 Å². The highest BCUT2D eigenvalue weighted by Gasteiger charge is 2.12. The van der Waals surface area contributed by atoms with Crippen LogP contribution in [0.3, 0.4) is 0 Å². The van der Waals surface area contributed by atoms with Crippen molar-refractivity contribution in [3.8, 4) is 0 Å². The van der Waals surface area contributed by atoms with Crippen LogP contribution in [0.15, 0.2) is 60.9 Å². The van der Waals surface area contributed by atoms with Gasteiger partial charge >= 0.3 is 0 Å². The number of nitrogens with one attached hydrogen (secondary N) is 2. The van der Waals surface area contributed by atoms with E-state index in [4.69, 9.17) is 0 Å². The van der Waals surface area contributed by atoms with Gasteiger partial charge < -0.3 is 5.32 Å². The zero-order chi connectivity index (χ0) is 20.2. The quantitative estimate of drug-likeness (QED) is 0.524. The van der Waals surface area contributed by atoms with E-state index in [2.05, 4.69) is 20.5 Å². The predicted octanol–water partition coefficient (Wildman–Crippen LogP) is 4.59. The number of aromatic nitrogens is 3. The average molecular weight is 390 g/mol. The first kappa shape index (κ1) is 18.5. The fraction of sp³-hybridized carbons (Fsp3) is 0.0455. The highest BCUT2D eigenvalue weighted by Crippen LogP contribution is 2.25. The van der Waals surface area contributed by atoms with E-state index in [1.54, 1.807) is 54.9 Å². The molecule has 2 N–H and O–H groups in total. The smallest absolute Gasteiger partial charge is 0.228 e. The largest absolute Gasteiger partial charge is 0.323 e. The molecule has 0 fully saturated rings. The summed E-state index contributed by atoms with van der Waals surface area (Å²) in [7, 11) is 0. The Hall–Kier alpha value is -3.87. The van der Waals surface area contributed by atoms with Crippen molar-refractivity contribution in [3.05, 3.63) is 89.4 Å². The van der Waals surface area contributed by atoms with E-state index in [0.29, 0.717) is 16.6 Å². The fourth-order valence-electron chi connectivity index (χ4n) is 2.91. The molecule has 4 aromatic rings. The van der Waals surface area contributed by atoms with Gasteiger partial charge in [-0.05, 0) is 47.5 Å². The molecule has 0 unspecified atom stereocenters. The highest BCUT2D eigenvalue weighted by molar-refractivity contribution is 5.97. The molecule has 2 aromatic heterocycles. The number of nitrogens with zero attached hydrogens (tertiary/aromatic N) is 2. The monoisotopic (exact) mass is 390 g/mol. The van der Waals surface area contributed by atoms with Crippen molar-refractivity contribution in [2.24, 2.45) is 0 Å². The molecule has 4 rings (SSSR count). The van der Waals surface area contributed by atoms with Gasteiger partial charge in [-0.1, -0.05) is 18.2 Å². The first-order chi connectivity index (χ1) is 14.1. The molecule has 0 spiro atoms. The molecule has 2 heterocycles. The summed E-state index contributed by atoms with van der Waals surface area (Å²) in [4.78, 5) is 16.2. The number of hydrogen-bond donors (Lipinski definition) is 2. The van der Waals surface area contributed by atoms with Gasteiger partial charge in [0.25, 0.3) is 0 Å². The summed E-state index contributed by atoms with van der Waals surface area (Å²) in [5.74, 6) is -1.20. The minimum atomic E-state index is -0.557. The number of carbonyl (C=O) groups excluding carboxylic acids is 1. The highest BCUT2D eigenvalue weighted by atomic mass is 19.1. The molecule has 2 aromatic carbocycles. The van der Waals surface area contributed by atoms with Crippen molar-refractivity contribution >= 4 is 34.6 Å². The van der Waals surface area contributed by atoms with E-state index in [1.165, 1.54) is 18.2 Å². The van der Waals surface area contributed by atoms with Crippen molar-refractivity contribution in [1.82, 2.24) is 15.2 Å². The third-order valence-corrected chi connectivity index (χ3v) is 4.37. The number of amides is 1. The molecule has 29 heavy (non-hydrogen) atoms. The van der Waals surface area contributed by atoms with E-state index < -0.39 is 5.82 Å². The number of aromatic amines is 1.